The van der Waals surface area contributed by atoms with E-state index in [9.17, 15) is 5.11 Å². The third kappa shape index (κ3) is 3.27. The Morgan fingerprint density at radius 2 is 1.35 bits per heavy atom. The van der Waals surface area contributed by atoms with Crippen LogP contribution in [0.15, 0.2) is 54.6 Å². The molecule has 0 aliphatic rings. The fourth-order valence-electron chi connectivity index (χ4n) is 2.34. The van der Waals surface area contributed by atoms with Gasteiger partial charge in [-0.05, 0) is 22.6 Å². The van der Waals surface area contributed by atoms with Crippen LogP contribution >= 0.6 is 0 Å². The molecule has 0 fully saturated rings. The molecule has 2 aromatic rings. The van der Waals surface area contributed by atoms with Gasteiger partial charge in [-0.3, -0.25) is 0 Å². The number of hydrogen-bond acceptors (Lipinski definition) is 2. The first-order chi connectivity index (χ1) is 9.63. The van der Waals surface area contributed by atoms with Crippen LogP contribution < -0.4 is 0 Å². The van der Waals surface area contributed by atoms with Gasteiger partial charge in [0.1, 0.15) is 12.2 Å². The highest BCUT2D eigenvalue weighted by Gasteiger charge is 2.22. The van der Waals surface area contributed by atoms with Crippen molar-refractivity contribution in [1.82, 2.24) is 0 Å². The molecule has 0 aliphatic carbocycles. The van der Waals surface area contributed by atoms with Crippen LogP contribution in [-0.2, 0) is 4.74 Å². The fourth-order valence-corrected chi connectivity index (χ4v) is 2.34. The largest absolute Gasteiger partial charge is 0.385 e. The third-order valence-electron chi connectivity index (χ3n) is 3.61. The highest BCUT2D eigenvalue weighted by molar-refractivity contribution is 5.29. The molecule has 1 N–H and O–H groups in total. The van der Waals surface area contributed by atoms with E-state index < -0.39 is 6.10 Å². The second-order valence-corrected chi connectivity index (χ2v) is 5.33. The lowest BCUT2D eigenvalue weighted by Gasteiger charge is -2.22. The van der Waals surface area contributed by atoms with Gasteiger partial charge in [-0.1, -0.05) is 68.4 Å². The lowest BCUT2D eigenvalue weighted by molar-refractivity contribution is -0.0149. The Balaban J connectivity index is 2.22. The van der Waals surface area contributed by atoms with Gasteiger partial charge in [0.05, 0.1) is 0 Å². The Morgan fingerprint density at radius 1 is 0.800 bits per heavy atom. The standard InChI is InChI=1S/C18H22O2/c1-13(2)14-9-11-15(12-10-14)17(19)18(20-3)16-7-5-4-6-8-16/h4-13,17-19H,1-3H3. The molecule has 2 unspecified atom stereocenters. The molecule has 2 heteroatoms. The quantitative estimate of drug-likeness (QED) is 0.881. The van der Waals surface area contributed by atoms with E-state index in [2.05, 4.69) is 26.0 Å². The van der Waals surface area contributed by atoms with Gasteiger partial charge in [-0.25, -0.2) is 0 Å². The zero-order valence-electron chi connectivity index (χ0n) is 12.3. The summed E-state index contributed by atoms with van der Waals surface area (Å²) in [6.07, 6.45) is -1.01. The lowest BCUT2D eigenvalue weighted by Crippen LogP contribution is -2.13. The first-order valence-electron chi connectivity index (χ1n) is 6.99. The molecule has 106 valence electrons. The van der Waals surface area contributed by atoms with Crippen LogP contribution in [0.3, 0.4) is 0 Å². The number of aliphatic hydroxyl groups excluding tert-OH is 1. The van der Waals surface area contributed by atoms with E-state index in [0.29, 0.717) is 5.92 Å². The predicted octanol–water partition coefficient (Wildman–Crippen LogP) is 4.23. The summed E-state index contributed by atoms with van der Waals surface area (Å²) >= 11 is 0. The Hall–Kier alpha value is -1.64. The van der Waals surface area contributed by atoms with Crippen molar-refractivity contribution in [3.63, 3.8) is 0 Å². The number of rotatable bonds is 5. The lowest BCUT2D eigenvalue weighted by atomic mass is 9.95. The smallest absolute Gasteiger partial charge is 0.112 e. The van der Waals surface area contributed by atoms with Gasteiger partial charge in [-0.15, -0.1) is 0 Å². The second kappa shape index (κ2) is 6.69. The minimum Gasteiger partial charge on any atom is -0.385 e. The van der Waals surface area contributed by atoms with Crippen molar-refractivity contribution in [2.24, 2.45) is 0 Å². The molecule has 0 amide bonds. The molecule has 0 heterocycles. The summed E-state index contributed by atoms with van der Waals surface area (Å²) in [5.41, 5.74) is 3.13. The molecule has 0 spiro atoms. The van der Waals surface area contributed by atoms with Crippen LogP contribution in [0.4, 0.5) is 0 Å². The Kier molecular flexibility index (Phi) is 4.94. The fraction of sp³-hybridized carbons (Fsp3) is 0.333. The minimum atomic E-state index is -0.663. The Morgan fingerprint density at radius 3 is 1.85 bits per heavy atom. The van der Waals surface area contributed by atoms with Crippen molar-refractivity contribution in [3.8, 4) is 0 Å². The summed E-state index contributed by atoms with van der Waals surface area (Å²) in [6.45, 7) is 4.32. The first kappa shape index (κ1) is 14.8. The van der Waals surface area contributed by atoms with E-state index in [1.54, 1.807) is 7.11 Å². The molecule has 0 radical (unpaired) electrons. The second-order valence-electron chi connectivity index (χ2n) is 5.33. The van der Waals surface area contributed by atoms with Crippen LogP contribution in [0, 0.1) is 0 Å². The molecule has 2 nitrogen and oxygen atoms in total. The van der Waals surface area contributed by atoms with Crippen LogP contribution in [0.25, 0.3) is 0 Å². The summed E-state index contributed by atoms with van der Waals surface area (Å²) in [7, 11) is 1.63. The molecular formula is C18H22O2. The maximum atomic E-state index is 10.5. The summed E-state index contributed by atoms with van der Waals surface area (Å²) in [6, 6.07) is 17.9. The van der Waals surface area contributed by atoms with Crippen molar-refractivity contribution >= 4 is 0 Å². The van der Waals surface area contributed by atoms with Crippen LogP contribution in [-0.4, -0.2) is 12.2 Å². The highest BCUT2D eigenvalue weighted by Crippen LogP contribution is 2.31. The van der Waals surface area contributed by atoms with E-state index in [1.807, 2.05) is 42.5 Å². The van der Waals surface area contributed by atoms with Crippen LogP contribution in [0.5, 0.6) is 0 Å². The SMILES string of the molecule is COC(c1ccccc1)C(O)c1ccc(C(C)C)cc1. The van der Waals surface area contributed by atoms with Gasteiger partial charge in [0.2, 0.25) is 0 Å². The molecule has 0 saturated heterocycles. The summed E-state index contributed by atoms with van der Waals surface area (Å²) < 4.78 is 5.48. The normalized spacial score (nSPS) is 14.2. The summed E-state index contributed by atoms with van der Waals surface area (Å²) in [4.78, 5) is 0. The zero-order valence-corrected chi connectivity index (χ0v) is 12.3. The maximum absolute atomic E-state index is 10.5. The predicted molar refractivity (Wildman–Crippen MR) is 81.7 cm³/mol. The van der Waals surface area contributed by atoms with Crippen molar-refractivity contribution < 1.29 is 9.84 Å². The van der Waals surface area contributed by atoms with Gasteiger partial charge >= 0.3 is 0 Å². The van der Waals surface area contributed by atoms with Gasteiger partial charge in [0, 0.05) is 7.11 Å². The molecule has 2 atom stereocenters. The average Bonchev–Trinajstić information content (AvgIpc) is 2.49. The van der Waals surface area contributed by atoms with E-state index in [1.165, 1.54) is 5.56 Å². The summed E-state index contributed by atoms with van der Waals surface area (Å²) in [5, 5.41) is 10.5. The molecule has 0 aliphatic heterocycles. The van der Waals surface area contributed by atoms with E-state index in [-0.39, 0.29) is 6.10 Å². The van der Waals surface area contributed by atoms with Crippen LogP contribution in [0.1, 0.15) is 48.7 Å². The highest BCUT2D eigenvalue weighted by atomic mass is 16.5. The van der Waals surface area contributed by atoms with Crippen molar-refractivity contribution in [1.29, 1.82) is 0 Å². The van der Waals surface area contributed by atoms with E-state index >= 15 is 0 Å². The van der Waals surface area contributed by atoms with Crippen LogP contribution in [0.2, 0.25) is 0 Å². The third-order valence-corrected chi connectivity index (χ3v) is 3.61. The number of benzene rings is 2. The van der Waals surface area contributed by atoms with Gasteiger partial charge in [-0.2, -0.15) is 0 Å². The molecule has 2 rings (SSSR count). The molecule has 0 bridgehead atoms. The van der Waals surface area contributed by atoms with Crippen molar-refractivity contribution in [3.05, 3.63) is 71.3 Å². The molecule has 2 aromatic carbocycles. The maximum Gasteiger partial charge on any atom is 0.112 e. The van der Waals surface area contributed by atoms with Crippen molar-refractivity contribution in [2.45, 2.75) is 32.0 Å². The average molecular weight is 270 g/mol. The summed E-state index contributed by atoms with van der Waals surface area (Å²) in [5.74, 6) is 0.494. The molecule has 0 saturated carbocycles. The Bertz CT molecular complexity index is 517. The minimum absolute atomic E-state index is 0.346. The number of hydrogen-bond donors (Lipinski definition) is 1. The molecule has 0 aromatic heterocycles. The van der Waals surface area contributed by atoms with Gasteiger partial charge in [0.15, 0.2) is 0 Å². The number of methoxy groups -OCH3 is 1. The van der Waals surface area contributed by atoms with E-state index in [0.717, 1.165) is 11.1 Å². The van der Waals surface area contributed by atoms with Gasteiger partial charge < -0.3 is 9.84 Å². The monoisotopic (exact) mass is 270 g/mol. The zero-order chi connectivity index (χ0) is 14.5. The van der Waals surface area contributed by atoms with E-state index in [4.69, 9.17) is 4.74 Å². The van der Waals surface area contributed by atoms with Crippen molar-refractivity contribution in [2.75, 3.05) is 7.11 Å². The topological polar surface area (TPSA) is 29.5 Å². The molecular weight excluding hydrogens is 248 g/mol. The number of aliphatic hydroxyl groups is 1. The first-order valence-corrected chi connectivity index (χ1v) is 6.99. The van der Waals surface area contributed by atoms with Gasteiger partial charge in [0.25, 0.3) is 0 Å². The molecule has 20 heavy (non-hydrogen) atoms. The Labute approximate surface area is 121 Å². The number of ether oxygens (including phenoxy) is 1.